The minimum absolute atomic E-state index is 0.0497. The van der Waals surface area contributed by atoms with Crippen molar-refractivity contribution in [1.29, 1.82) is 0 Å². The van der Waals surface area contributed by atoms with E-state index in [4.69, 9.17) is 4.74 Å². The largest absolute Gasteiger partial charge is 0.497 e. The Morgan fingerprint density at radius 3 is 2.38 bits per heavy atom. The summed E-state index contributed by atoms with van der Waals surface area (Å²) in [6.45, 7) is 4.73. The van der Waals surface area contributed by atoms with Crippen LogP contribution in [0.3, 0.4) is 0 Å². The molecule has 0 spiro atoms. The van der Waals surface area contributed by atoms with Crippen LogP contribution in [0, 0.1) is 6.92 Å². The van der Waals surface area contributed by atoms with Crippen molar-refractivity contribution in [3.05, 3.63) is 65.9 Å². The van der Waals surface area contributed by atoms with Crippen LogP contribution in [0.25, 0.3) is 11.3 Å². The molecule has 2 heterocycles. The van der Waals surface area contributed by atoms with Gasteiger partial charge in [-0.1, -0.05) is 17.7 Å². The summed E-state index contributed by atoms with van der Waals surface area (Å²) in [5.41, 5.74) is 4.02. The van der Waals surface area contributed by atoms with Gasteiger partial charge >= 0.3 is 0 Å². The van der Waals surface area contributed by atoms with E-state index in [-0.39, 0.29) is 11.8 Å². The van der Waals surface area contributed by atoms with Crippen LogP contribution in [0.2, 0.25) is 0 Å². The van der Waals surface area contributed by atoms with E-state index < -0.39 is 0 Å². The lowest BCUT2D eigenvalue weighted by Crippen LogP contribution is -2.50. The van der Waals surface area contributed by atoms with Gasteiger partial charge in [-0.05, 0) is 49.4 Å². The van der Waals surface area contributed by atoms with Crippen LogP contribution in [0.15, 0.2) is 54.6 Å². The number of methoxy groups -OCH3 is 1. The van der Waals surface area contributed by atoms with Gasteiger partial charge in [0.2, 0.25) is 5.91 Å². The van der Waals surface area contributed by atoms with Crippen molar-refractivity contribution < 1.29 is 14.3 Å². The summed E-state index contributed by atoms with van der Waals surface area (Å²) in [6, 6.07) is 17.0. The number of nitrogens with one attached hydrogen (secondary N) is 2. The first-order valence-electron chi connectivity index (χ1n) is 10.6. The predicted octanol–water partition coefficient (Wildman–Crippen LogP) is 2.79. The molecule has 0 atom stereocenters. The number of aromatic nitrogens is 2. The predicted molar refractivity (Wildman–Crippen MR) is 123 cm³/mol. The quantitative estimate of drug-likeness (QED) is 0.624. The molecular formula is C24H27N5O3. The molecule has 1 aromatic heterocycles. The Kier molecular flexibility index (Phi) is 6.51. The number of hydrogen-bond donors (Lipinski definition) is 2. The molecule has 8 heteroatoms. The molecule has 0 unspecified atom stereocenters. The molecule has 0 radical (unpaired) electrons. The van der Waals surface area contributed by atoms with E-state index in [0.717, 1.165) is 22.6 Å². The zero-order valence-corrected chi connectivity index (χ0v) is 18.3. The number of aryl methyl sites for hydroxylation is 1. The Balaban J connectivity index is 1.28. The molecule has 2 amide bonds. The van der Waals surface area contributed by atoms with E-state index in [1.807, 2.05) is 55.5 Å². The summed E-state index contributed by atoms with van der Waals surface area (Å²) in [6.07, 6.45) is 0. The smallest absolute Gasteiger partial charge is 0.271 e. The van der Waals surface area contributed by atoms with Crippen molar-refractivity contribution in [3.63, 3.8) is 0 Å². The first-order valence-corrected chi connectivity index (χ1v) is 10.6. The average molecular weight is 434 g/mol. The zero-order chi connectivity index (χ0) is 22.5. The SMILES string of the molecule is COc1ccc(-c2cc(C(=O)N3CCN(CC(=O)Nc4ccc(C)cc4)CC3)[nH]n2)cc1. The van der Waals surface area contributed by atoms with Crippen molar-refractivity contribution in [2.24, 2.45) is 0 Å². The number of rotatable bonds is 6. The van der Waals surface area contributed by atoms with E-state index in [2.05, 4.69) is 20.4 Å². The van der Waals surface area contributed by atoms with E-state index in [9.17, 15) is 9.59 Å². The highest BCUT2D eigenvalue weighted by molar-refractivity contribution is 5.94. The molecule has 2 aromatic carbocycles. The molecule has 8 nitrogen and oxygen atoms in total. The summed E-state index contributed by atoms with van der Waals surface area (Å²) < 4.78 is 5.18. The molecule has 1 saturated heterocycles. The number of benzene rings is 2. The summed E-state index contributed by atoms with van der Waals surface area (Å²) in [7, 11) is 1.62. The molecular weight excluding hydrogens is 406 g/mol. The number of aromatic amines is 1. The van der Waals surface area contributed by atoms with Crippen LogP contribution in [0.1, 0.15) is 16.1 Å². The molecule has 32 heavy (non-hydrogen) atoms. The van der Waals surface area contributed by atoms with Gasteiger partial charge in [-0.25, -0.2) is 0 Å². The first-order chi connectivity index (χ1) is 15.5. The molecule has 166 valence electrons. The van der Waals surface area contributed by atoms with Crippen molar-refractivity contribution in [2.45, 2.75) is 6.92 Å². The lowest BCUT2D eigenvalue weighted by molar-refractivity contribution is -0.117. The summed E-state index contributed by atoms with van der Waals surface area (Å²) in [4.78, 5) is 29.1. The number of piperazine rings is 1. The van der Waals surface area contributed by atoms with Crippen molar-refractivity contribution in [2.75, 3.05) is 45.2 Å². The third-order valence-corrected chi connectivity index (χ3v) is 5.56. The van der Waals surface area contributed by atoms with E-state index >= 15 is 0 Å². The minimum Gasteiger partial charge on any atom is -0.497 e. The topological polar surface area (TPSA) is 90.6 Å². The highest BCUT2D eigenvalue weighted by atomic mass is 16.5. The van der Waals surface area contributed by atoms with Crippen LogP contribution < -0.4 is 10.1 Å². The van der Waals surface area contributed by atoms with E-state index in [1.54, 1.807) is 18.1 Å². The number of H-pyrrole nitrogens is 1. The van der Waals surface area contributed by atoms with Gasteiger partial charge in [0.15, 0.2) is 0 Å². The Labute approximate surface area is 187 Å². The number of carbonyl (C=O) groups is 2. The Bertz CT molecular complexity index is 1070. The third-order valence-electron chi connectivity index (χ3n) is 5.56. The third kappa shape index (κ3) is 5.15. The number of nitrogens with zero attached hydrogens (tertiary/aromatic N) is 3. The minimum atomic E-state index is -0.0824. The second kappa shape index (κ2) is 9.65. The number of amides is 2. The van der Waals surface area contributed by atoms with Gasteiger partial charge in [-0.15, -0.1) is 0 Å². The van der Waals surface area contributed by atoms with Gasteiger partial charge in [-0.3, -0.25) is 19.6 Å². The van der Waals surface area contributed by atoms with Crippen molar-refractivity contribution in [1.82, 2.24) is 20.0 Å². The maximum Gasteiger partial charge on any atom is 0.271 e. The molecule has 0 saturated carbocycles. The van der Waals surface area contributed by atoms with Gasteiger partial charge in [0.1, 0.15) is 11.4 Å². The Morgan fingerprint density at radius 1 is 1.03 bits per heavy atom. The van der Waals surface area contributed by atoms with E-state index in [0.29, 0.717) is 44.1 Å². The molecule has 1 aliphatic heterocycles. The van der Waals surface area contributed by atoms with Gasteiger partial charge in [0.25, 0.3) is 5.91 Å². The van der Waals surface area contributed by atoms with Gasteiger partial charge in [0.05, 0.1) is 19.3 Å². The fourth-order valence-electron chi connectivity index (χ4n) is 3.66. The lowest BCUT2D eigenvalue weighted by atomic mass is 10.1. The highest BCUT2D eigenvalue weighted by Crippen LogP contribution is 2.21. The molecule has 2 N–H and O–H groups in total. The number of ether oxygens (including phenoxy) is 1. The van der Waals surface area contributed by atoms with Crippen molar-refractivity contribution >= 4 is 17.5 Å². The molecule has 4 rings (SSSR count). The number of hydrogen-bond acceptors (Lipinski definition) is 5. The van der Waals surface area contributed by atoms with Gasteiger partial charge in [-0.2, -0.15) is 5.10 Å². The molecule has 0 aliphatic carbocycles. The molecule has 0 bridgehead atoms. The van der Waals surface area contributed by atoms with Crippen LogP contribution in [-0.2, 0) is 4.79 Å². The second-order valence-corrected chi connectivity index (χ2v) is 7.88. The van der Waals surface area contributed by atoms with Crippen LogP contribution >= 0.6 is 0 Å². The monoisotopic (exact) mass is 433 g/mol. The van der Waals surface area contributed by atoms with Crippen LogP contribution in [0.5, 0.6) is 5.75 Å². The van der Waals surface area contributed by atoms with Gasteiger partial charge in [0, 0.05) is 37.4 Å². The molecule has 1 fully saturated rings. The summed E-state index contributed by atoms with van der Waals surface area (Å²) in [5, 5.41) is 10.1. The maximum atomic E-state index is 12.9. The van der Waals surface area contributed by atoms with Crippen LogP contribution in [0.4, 0.5) is 5.69 Å². The summed E-state index contributed by atoms with van der Waals surface area (Å²) in [5.74, 6) is 0.637. The molecule has 1 aliphatic rings. The standard InChI is InChI=1S/C24H27N5O3/c1-17-3-7-19(8-4-17)25-23(30)16-28-11-13-29(14-12-28)24(31)22-15-21(26-27-22)18-5-9-20(32-2)10-6-18/h3-10,15H,11-14,16H2,1-2H3,(H,25,30)(H,26,27). The number of anilines is 1. The fourth-order valence-corrected chi connectivity index (χ4v) is 3.66. The zero-order valence-electron chi connectivity index (χ0n) is 18.3. The lowest BCUT2D eigenvalue weighted by Gasteiger charge is -2.34. The average Bonchev–Trinajstić information content (AvgIpc) is 3.31. The van der Waals surface area contributed by atoms with E-state index in [1.165, 1.54) is 0 Å². The fraction of sp³-hybridized carbons (Fsp3) is 0.292. The second-order valence-electron chi connectivity index (χ2n) is 7.88. The Hall–Kier alpha value is -3.65. The first kappa shape index (κ1) is 21.6. The van der Waals surface area contributed by atoms with Gasteiger partial charge < -0.3 is 15.0 Å². The maximum absolute atomic E-state index is 12.9. The normalized spacial score (nSPS) is 14.2. The van der Waals surface area contributed by atoms with Crippen molar-refractivity contribution in [3.8, 4) is 17.0 Å². The summed E-state index contributed by atoms with van der Waals surface area (Å²) >= 11 is 0. The molecule has 3 aromatic rings. The Morgan fingerprint density at radius 2 is 1.72 bits per heavy atom. The number of carbonyl (C=O) groups excluding carboxylic acids is 2. The van der Waals surface area contributed by atoms with Crippen LogP contribution in [-0.4, -0.2) is 71.6 Å². The highest BCUT2D eigenvalue weighted by Gasteiger charge is 2.24.